The van der Waals surface area contributed by atoms with Crippen molar-refractivity contribution in [1.82, 2.24) is 9.97 Å². The molecule has 4 rings (SSSR count). The second-order valence-corrected chi connectivity index (χ2v) is 11.3. The van der Waals surface area contributed by atoms with Crippen LogP contribution in [-0.2, 0) is 27.4 Å². The van der Waals surface area contributed by atoms with Crippen LogP contribution in [0.5, 0.6) is 11.6 Å². The van der Waals surface area contributed by atoms with Crippen LogP contribution in [0.4, 0.5) is 10.1 Å². The maximum atomic E-state index is 13.3. The predicted octanol–water partition coefficient (Wildman–Crippen LogP) is 3.70. The summed E-state index contributed by atoms with van der Waals surface area (Å²) in [6, 6.07) is 7.65. The van der Waals surface area contributed by atoms with Gasteiger partial charge in [0.1, 0.15) is 16.8 Å². The van der Waals surface area contributed by atoms with E-state index in [2.05, 4.69) is 9.97 Å². The summed E-state index contributed by atoms with van der Waals surface area (Å²) >= 11 is 0. The van der Waals surface area contributed by atoms with E-state index < -0.39 is 26.9 Å². The van der Waals surface area contributed by atoms with Crippen molar-refractivity contribution in [3.8, 4) is 11.6 Å². The van der Waals surface area contributed by atoms with Gasteiger partial charge in [0.15, 0.2) is 5.75 Å². The number of aromatic amines is 1. The van der Waals surface area contributed by atoms with E-state index in [-0.39, 0.29) is 45.0 Å². The molecule has 33 heavy (non-hydrogen) atoms. The molecule has 1 unspecified atom stereocenters. The van der Waals surface area contributed by atoms with Crippen molar-refractivity contribution >= 4 is 48.4 Å². The second-order valence-electron chi connectivity index (χ2n) is 7.41. The quantitative estimate of drug-likeness (QED) is 0.362. The first-order valence-electron chi connectivity index (χ1n) is 10.2. The lowest BCUT2D eigenvalue weighted by Gasteiger charge is -2.25. The summed E-state index contributed by atoms with van der Waals surface area (Å²) in [5.74, 6) is -1.40. The number of hydrogen-bond donors (Lipinski definition) is 3. The van der Waals surface area contributed by atoms with E-state index in [9.17, 15) is 27.2 Å². The van der Waals surface area contributed by atoms with E-state index in [1.165, 1.54) is 25.3 Å². The topological polar surface area (TPSA) is 124 Å². The predicted molar refractivity (Wildman–Crippen MR) is 127 cm³/mol. The Labute approximate surface area is 192 Å². The third kappa shape index (κ3) is 4.02. The Morgan fingerprint density at radius 3 is 2.45 bits per heavy atom. The van der Waals surface area contributed by atoms with Crippen LogP contribution in [0.2, 0.25) is 0 Å². The highest BCUT2D eigenvalue weighted by atomic mass is 32.3. The monoisotopic (exact) mass is 491 g/mol. The highest BCUT2D eigenvalue weighted by molar-refractivity contribution is 8.07. The summed E-state index contributed by atoms with van der Waals surface area (Å²) in [6.07, 6.45) is 3.27. The van der Waals surface area contributed by atoms with Crippen molar-refractivity contribution in [3.63, 3.8) is 0 Å². The average Bonchev–Trinajstić information content (AvgIpc) is 3.19. The molecule has 0 radical (unpaired) electrons. The van der Waals surface area contributed by atoms with Crippen LogP contribution < -0.4 is 3.71 Å². The first-order valence-corrected chi connectivity index (χ1v) is 13.1. The molecule has 0 saturated carbocycles. The van der Waals surface area contributed by atoms with Crippen LogP contribution in [-0.4, -0.2) is 44.3 Å². The molecule has 0 aliphatic rings. The van der Waals surface area contributed by atoms with Gasteiger partial charge >= 0.3 is 0 Å². The molecule has 1 atom stereocenters. The molecule has 3 N–H and O–H groups in total. The smallest absolute Gasteiger partial charge is 0.246 e. The molecule has 4 aromatic rings. The maximum absolute atomic E-state index is 13.3. The van der Waals surface area contributed by atoms with Gasteiger partial charge in [-0.25, -0.2) is 22.0 Å². The molecule has 11 heteroatoms. The Balaban J connectivity index is 2.05. The van der Waals surface area contributed by atoms with Crippen molar-refractivity contribution in [2.45, 2.75) is 20.3 Å². The number of halogens is 1. The molecule has 0 aliphatic heterocycles. The summed E-state index contributed by atoms with van der Waals surface area (Å²) in [6.45, 7) is 3.04. The number of phenols is 1. The normalized spacial score (nSPS) is 12.9. The number of rotatable bonds is 7. The first-order chi connectivity index (χ1) is 15.7. The Kier molecular flexibility index (Phi) is 6.02. The lowest BCUT2D eigenvalue weighted by Crippen LogP contribution is -2.35. The fourth-order valence-electron chi connectivity index (χ4n) is 3.72. The summed E-state index contributed by atoms with van der Waals surface area (Å²) in [5, 5.41) is 21.5. The number of H-pyrrole nitrogens is 1. The second kappa shape index (κ2) is 8.64. The fraction of sp³-hybridized carbons (Fsp3) is 0.227. The molecule has 174 valence electrons. The zero-order chi connectivity index (χ0) is 23.9. The highest BCUT2D eigenvalue weighted by Crippen LogP contribution is 2.46. The lowest BCUT2D eigenvalue weighted by molar-refractivity contribution is 0.454. The molecular weight excluding hydrogens is 469 g/mol. The van der Waals surface area contributed by atoms with Gasteiger partial charge in [-0.1, -0.05) is 19.1 Å². The molecule has 0 fully saturated rings. The van der Waals surface area contributed by atoms with Crippen LogP contribution in [0.25, 0.3) is 21.7 Å². The number of aromatic nitrogens is 2. The maximum Gasteiger partial charge on any atom is 0.246 e. The zero-order valence-corrected chi connectivity index (χ0v) is 19.5. The van der Waals surface area contributed by atoms with Gasteiger partial charge in [-0.3, -0.25) is 0 Å². The standard InChI is InChI=1S/C22H22FN3O5S2/c1-3-32(29)26(33(30,31)4-2)20-16-10-14(9-13-5-7-15(23)8-6-13)11-24-19(16)21(27)18-17(20)12-25-22(18)28/h5-8,10-12,24,27-28H,3-4,9H2,1-2H3. The summed E-state index contributed by atoms with van der Waals surface area (Å²) < 4.78 is 53.1. The van der Waals surface area contributed by atoms with Crippen molar-refractivity contribution < 1.29 is 27.2 Å². The number of pyridine rings is 1. The van der Waals surface area contributed by atoms with Crippen LogP contribution in [0, 0.1) is 5.82 Å². The van der Waals surface area contributed by atoms with E-state index in [1.807, 2.05) is 0 Å². The number of benzene rings is 2. The summed E-state index contributed by atoms with van der Waals surface area (Å²) in [5.41, 5.74) is 1.76. The molecular formula is C22H22FN3O5S2. The van der Waals surface area contributed by atoms with Gasteiger partial charge in [0.2, 0.25) is 15.9 Å². The van der Waals surface area contributed by atoms with Gasteiger partial charge in [-0.2, -0.15) is 3.71 Å². The Bertz CT molecular complexity index is 1480. The lowest BCUT2D eigenvalue weighted by atomic mass is 10.0. The number of fused-ring (bicyclic) bond motifs is 2. The molecule has 0 spiro atoms. The molecule has 2 aromatic carbocycles. The average molecular weight is 492 g/mol. The summed E-state index contributed by atoms with van der Waals surface area (Å²) in [7, 11) is -5.94. The van der Waals surface area contributed by atoms with Crippen LogP contribution >= 0.6 is 0 Å². The number of nitrogens with zero attached hydrogens (tertiary/aromatic N) is 2. The number of aromatic hydroxyl groups is 2. The Morgan fingerprint density at radius 2 is 1.82 bits per heavy atom. The van der Waals surface area contributed by atoms with Gasteiger partial charge < -0.3 is 15.2 Å². The van der Waals surface area contributed by atoms with E-state index in [0.29, 0.717) is 17.4 Å². The molecule has 8 nitrogen and oxygen atoms in total. The molecule has 0 bridgehead atoms. The molecule has 0 saturated heterocycles. The van der Waals surface area contributed by atoms with E-state index >= 15 is 0 Å². The first kappa shape index (κ1) is 23.0. The molecule has 0 aliphatic carbocycles. The number of nitrogens with one attached hydrogen (secondary N) is 1. The number of sulfonamides is 1. The van der Waals surface area contributed by atoms with Crippen molar-refractivity contribution in [2.24, 2.45) is 0 Å². The molecule has 0 amide bonds. The number of anilines is 1. The van der Waals surface area contributed by atoms with E-state index in [4.69, 9.17) is 0 Å². The molecule has 2 heterocycles. The van der Waals surface area contributed by atoms with Crippen LogP contribution in [0.3, 0.4) is 0 Å². The minimum Gasteiger partial charge on any atom is -0.505 e. The zero-order valence-electron chi connectivity index (χ0n) is 17.9. The van der Waals surface area contributed by atoms with Gasteiger partial charge in [-0.05, 0) is 42.7 Å². The summed E-state index contributed by atoms with van der Waals surface area (Å²) in [4.78, 5) is 6.81. The third-order valence-corrected chi connectivity index (χ3v) is 8.99. The third-order valence-electron chi connectivity index (χ3n) is 5.35. The van der Waals surface area contributed by atoms with Crippen molar-refractivity contribution in [1.29, 1.82) is 0 Å². The SMILES string of the molecule is CCS(=O)N(c1c2cc(Cc3ccc(F)cc3)c[nH]c2c(O)c2c(O)ncc12)S(=O)(=O)CC. The Morgan fingerprint density at radius 1 is 1.12 bits per heavy atom. The molecule has 2 aromatic heterocycles. The highest BCUT2D eigenvalue weighted by Gasteiger charge is 2.32. The van der Waals surface area contributed by atoms with Gasteiger partial charge in [0, 0.05) is 28.9 Å². The Hall–Kier alpha value is -3.18. The largest absolute Gasteiger partial charge is 0.505 e. The van der Waals surface area contributed by atoms with Gasteiger partial charge in [0.25, 0.3) is 0 Å². The van der Waals surface area contributed by atoms with Crippen molar-refractivity contribution in [3.05, 3.63) is 59.7 Å². The number of phenolic OH excluding ortho intramolecular Hbond substituents is 1. The number of hydrogen-bond acceptors (Lipinski definition) is 6. The fourth-order valence-corrected chi connectivity index (χ4v) is 6.71. The van der Waals surface area contributed by atoms with Crippen molar-refractivity contribution in [2.75, 3.05) is 15.2 Å². The van der Waals surface area contributed by atoms with E-state index in [1.54, 1.807) is 31.3 Å². The van der Waals surface area contributed by atoms with Gasteiger partial charge in [-0.15, -0.1) is 0 Å². The van der Waals surface area contributed by atoms with Gasteiger partial charge in [0.05, 0.1) is 22.3 Å². The minimum atomic E-state index is -4.00. The van der Waals surface area contributed by atoms with Crippen LogP contribution in [0.15, 0.2) is 42.7 Å². The minimum absolute atomic E-state index is 0.0300. The van der Waals surface area contributed by atoms with E-state index in [0.717, 1.165) is 9.27 Å². The van der Waals surface area contributed by atoms with Crippen LogP contribution in [0.1, 0.15) is 25.0 Å².